The Morgan fingerprint density at radius 2 is 1.15 bits per heavy atom. The first-order chi connectivity index (χ1) is 5.00. The van der Waals surface area contributed by atoms with Crippen molar-refractivity contribution < 1.29 is 59.9 Å². The van der Waals surface area contributed by atoms with E-state index >= 15 is 0 Å². The molecular formula is C8H6Cl2O2Zr. The van der Waals surface area contributed by atoms with Crippen LogP contribution in [0.1, 0.15) is 0 Å². The Kier molecular flexibility index (Phi) is 21.0. The maximum absolute atomic E-state index is 4.46. The largest absolute Gasteiger partial charge is 4.00 e. The minimum absolute atomic E-state index is 0. The number of furan rings is 2. The predicted molar refractivity (Wildman–Crippen MR) is 35.1 cm³/mol. The second-order valence-electron chi connectivity index (χ2n) is 1.46. The molecule has 0 aromatic carbocycles. The molecule has 0 saturated heterocycles. The average Bonchev–Trinajstić information content (AvgIpc) is 2.67. The Morgan fingerprint density at radius 3 is 1.23 bits per heavy atom. The van der Waals surface area contributed by atoms with Gasteiger partial charge in [0.15, 0.2) is 0 Å². The summed E-state index contributed by atoms with van der Waals surface area (Å²) in [5, 5.41) is 0. The SMILES string of the molecule is [Cl-].[Cl-].[Zr+4].[c-]1ccco1.[c-]1ccco1. The van der Waals surface area contributed by atoms with Crippen molar-refractivity contribution in [2.75, 3.05) is 0 Å². The summed E-state index contributed by atoms with van der Waals surface area (Å²) in [4.78, 5) is 0. The Bertz CT molecular complexity index is 159. The first-order valence-corrected chi connectivity index (χ1v) is 2.79. The molecule has 0 aliphatic carbocycles. The predicted octanol–water partition coefficient (Wildman–Crippen LogP) is -3.83. The van der Waals surface area contributed by atoms with Crippen LogP contribution in [0.25, 0.3) is 0 Å². The van der Waals surface area contributed by atoms with Crippen molar-refractivity contribution >= 4 is 0 Å². The minimum atomic E-state index is 0. The Labute approximate surface area is 109 Å². The maximum atomic E-state index is 4.46. The number of hydrogen-bond donors (Lipinski definition) is 0. The van der Waals surface area contributed by atoms with Crippen molar-refractivity contribution in [1.29, 1.82) is 0 Å². The standard InChI is InChI=1S/2C4H3O.2ClH.Zr/c2*1-2-4-5-3-1;;;/h2*1-3H;2*1H;/q2*-1;;;+4/p-2. The summed E-state index contributed by atoms with van der Waals surface area (Å²) in [7, 11) is 0. The van der Waals surface area contributed by atoms with E-state index in [2.05, 4.69) is 21.4 Å². The summed E-state index contributed by atoms with van der Waals surface area (Å²) in [5.74, 6) is 0. The van der Waals surface area contributed by atoms with Crippen LogP contribution in [0.4, 0.5) is 0 Å². The molecular weight excluding hydrogens is 290 g/mol. The van der Waals surface area contributed by atoms with Gasteiger partial charge in [-0.05, 0) is 12.5 Å². The second kappa shape index (κ2) is 14.5. The number of halogens is 2. The van der Waals surface area contributed by atoms with Gasteiger partial charge < -0.3 is 33.6 Å². The van der Waals surface area contributed by atoms with E-state index in [9.17, 15) is 0 Å². The van der Waals surface area contributed by atoms with E-state index in [0.717, 1.165) is 0 Å². The third-order valence-corrected chi connectivity index (χ3v) is 0.758. The van der Waals surface area contributed by atoms with Crippen LogP contribution in [0.15, 0.2) is 45.6 Å². The molecule has 2 aromatic rings. The molecule has 2 heterocycles. The fourth-order valence-electron chi connectivity index (χ4n) is 0.393. The number of hydrogen-bond acceptors (Lipinski definition) is 2. The zero-order valence-electron chi connectivity index (χ0n) is 6.54. The molecule has 2 aromatic heterocycles. The van der Waals surface area contributed by atoms with Gasteiger partial charge in [-0.1, -0.05) is 12.5 Å². The average molecular weight is 296 g/mol. The van der Waals surface area contributed by atoms with E-state index in [1.807, 2.05) is 0 Å². The van der Waals surface area contributed by atoms with Crippen molar-refractivity contribution in [3.05, 3.63) is 49.3 Å². The number of rotatable bonds is 0. The van der Waals surface area contributed by atoms with Crippen LogP contribution in [0.3, 0.4) is 0 Å². The molecule has 0 aliphatic heterocycles. The fourth-order valence-corrected chi connectivity index (χ4v) is 0.393. The summed E-state index contributed by atoms with van der Waals surface area (Å²) >= 11 is 0. The quantitative estimate of drug-likeness (QED) is 0.466. The van der Waals surface area contributed by atoms with Gasteiger partial charge in [0, 0.05) is 0 Å². The van der Waals surface area contributed by atoms with Gasteiger partial charge >= 0.3 is 26.2 Å². The van der Waals surface area contributed by atoms with Gasteiger partial charge in [-0.3, -0.25) is 0 Å². The van der Waals surface area contributed by atoms with E-state index < -0.39 is 0 Å². The van der Waals surface area contributed by atoms with Crippen molar-refractivity contribution in [2.24, 2.45) is 0 Å². The fraction of sp³-hybridized carbons (Fsp3) is 0. The van der Waals surface area contributed by atoms with E-state index in [1.54, 1.807) is 36.8 Å². The molecule has 5 heteroatoms. The second-order valence-corrected chi connectivity index (χ2v) is 1.46. The molecule has 0 amide bonds. The molecule has 68 valence electrons. The molecule has 2 rings (SSSR count). The van der Waals surface area contributed by atoms with Crippen molar-refractivity contribution in [3.63, 3.8) is 0 Å². The molecule has 0 saturated carbocycles. The summed E-state index contributed by atoms with van der Waals surface area (Å²) in [6.07, 6.45) is 8.11. The first-order valence-electron chi connectivity index (χ1n) is 2.79. The van der Waals surface area contributed by atoms with Crippen LogP contribution in [0.2, 0.25) is 0 Å². The van der Waals surface area contributed by atoms with Gasteiger partial charge in [-0.2, -0.15) is 12.1 Å². The van der Waals surface area contributed by atoms with E-state index in [0.29, 0.717) is 0 Å². The summed E-state index contributed by atoms with van der Waals surface area (Å²) in [6, 6.07) is 6.97. The van der Waals surface area contributed by atoms with Crippen LogP contribution in [-0.2, 0) is 26.2 Å². The van der Waals surface area contributed by atoms with Crippen LogP contribution in [0.5, 0.6) is 0 Å². The van der Waals surface area contributed by atoms with Crippen molar-refractivity contribution in [2.45, 2.75) is 0 Å². The monoisotopic (exact) mass is 294 g/mol. The molecule has 13 heavy (non-hydrogen) atoms. The topological polar surface area (TPSA) is 26.3 Å². The summed E-state index contributed by atoms with van der Waals surface area (Å²) in [6.45, 7) is 0. The molecule has 2 nitrogen and oxygen atoms in total. The Morgan fingerprint density at radius 1 is 0.769 bits per heavy atom. The van der Waals surface area contributed by atoms with Crippen LogP contribution < -0.4 is 24.8 Å². The van der Waals surface area contributed by atoms with Crippen molar-refractivity contribution in [3.8, 4) is 0 Å². The Hall–Kier alpha value is 0.0231. The van der Waals surface area contributed by atoms with Crippen molar-refractivity contribution in [1.82, 2.24) is 0 Å². The molecule has 0 atom stereocenters. The molecule has 0 fully saturated rings. The normalized spacial score (nSPS) is 6.15. The molecule has 0 aliphatic rings. The molecule has 0 unspecified atom stereocenters. The molecule has 0 N–H and O–H groups in total. The van der Waals surface area contributed by atoms with Gasteiger partial charge in [0.25, 0.3) is 0 Å². The zero-order chi connectivity index (χ0) is 7.07. The van der Waals surface area contributed by atoms with Crippen LogP contribution in [0, 0.1) is 12.5 Å². The summed E-state index contributed by atoms with van der Waals surface area (Å²) in [5.41, 5.74) is 0. The minimum Gasteiger partial charge on any atom is -1.00 e. The smallest absolute Gasteiger partial charge is 1.00 e. The van der Waals surface area contributed by atoms with E-state index in [-0.39, 0.29) is 51.0 Å². The van der Waals surface area contributed by atoms with Gasteiger partial charge in [0.05, 0.1) is 0 Å². The third-order valence-electron chi connectivity index (χ3n) is 0.758. The first kappa shape index (κ1) is 18.7. The van der Waals surface area contributed by atoms with Gasteiger partial charge in [-0.15, -0.1) is 12.1 Å². The van der Waals surface area contributed by atoms with E-state index in [4.69, 9.17) is 0 Å². The molecule has 0 bridgehead atoms. The zero-order valence-corrected chi connectivity index (χ0v) is 10.5. The van der Waals surface area contributed by atoms with Crippen LogP contribution in [-0.4, -0.2) is 0 Å². The third kappa shape index (κ3) is 12.0. The maximum Gasteiger partial charge on any atom is 4.00 e. The van der Waals surface area contributed by atoms with E-state index in [1.165, 1.54) is 0 Å². The molecule has 0 radical (unpaired) electrons. The van der Waals surface area contributed by atoms with Crippen LogP contribution >= 0.6 is 0 Å². The molecule has 0 spiro atoms. The van der Waals surface area contributed by atoms with Gasteiger partial charge in [-0.25, -0.2) is 0 Å². The van der Waals surface area contributed by atoms with Gasteiger partial charge in [0.2, 0.25) is 0 Å². The summed E-state index contributed by atoms with van der Waals surface area (Å²) < 4.78 is 8.92. The Balaban J connectivity index is -0.000000125. The van der Waals surface area contributed by atoms with Gasteiger partial charge in [0.1, 0.15) is 0 Å².